The summed E-state index contributed by atoms with van der Waals surface area (Å²) in [5, 5.41) is 8.92. The van der Waals surface area contributed by atoms with Crippen molar-refractivity contribution >= 4 is 21.9 Å². The number of halogens is 3. The van der Waals surface area contributed by atoms with Gasteiger partial charge in [-0.2, -0.15) is 0 Å². The number of carboxylic acids is 1. The fourth-order valence-electron chi connectivity index (χ4n) is 1.32. The lowest BCUT2D eigenvalue weighted by Crippen LogP contribution is -2.03. The molecular formula is C12H6BrF2NO3. The lowest BCUT2D eigenvalue weighted by Gasteiger charge is -2.09. The third-order valence-electron chi connectivity index (χ3n) is 2.15. The number of rotatable bonds is 3. The monoisotopic (exact) mass is 329 g/mol. The van der Waals surface area contributed by atoms with Gasteiger partial charge in [0.15, 0.2) is 0 Å². The molecule has 2 aromatic rings. The number of carbonyl (C=O) groups is 1. The number of aromatic nitrogens is 1. The van der Waals surface area contributed by atoms with Crippen LogP contribution in [0.3, 0.4) is 0 Å². The maximum Gasteiger partial charge on any atom is 0.341 e. The molecule has 0 fully saturated rings. The Bertz CT molecular complexity index is 649. The molecule has 0 unspecified atom stereocenters. The predicted octanol–water partition coefficient (Wildman–Crippen LogP) is 3.61. The molecule has 0 aliphatic heterocycles. The van der Waals surface area contributed by atoms with Crippen molar-refractivity contribution < 1.29 is 23.4 Å². The van der Waals surface area contributed by atoms with E-state index in [1.165, 1.54) is 6.07 Å². The maximum absolute atomic E-state index is 12.9. The zero-order valence-corrected chi connectivity index (χ0v) is 10.8. The quantitative estimate of drug-likeness (QED) is 0.934. The Labute approximate surface area is 114 Å². The number of pyridine rings is 1. The van der Waals surface area contributed by atoms with Gasteiger partial charge in [-0.1, -0.05) is 0 Å². The highest BCUT2D eigenvalue weighted by Crippen LogP contribution is 2.31. The van der Waals surface area contributed by atoms with Crippen LogP contribution in [0.15, 0.2) is 34.9 Å². The molecule has 2 rings (SSSR count). The maximum atomic E-state index is 12.9. The molecule has 0 saturated heterocycles. The van der Waals surface area contributed by atoms with Gasteiger partial charge < -0.3 is 9.84 Å². The highest BCUT2D eigenvalue weighted by Gasteiger charge is 2.16. The molecule has 19 heavy (non-hydrogen) atoms. The first kappa shape index (κ1) is 13.4. The molecule has 1 aromatic carbocycles. The van der Waals surface area contributed by atoms with Gasteiger partial charge in [-0.25, -0.2) is 18.6 Å². The number of carboxylic acid groups (broad SMARTS) is 1. The molecule has 98 valence electrons. The molecule has 0 atom stereocenters. The first-order chi connectivity index (χ1) is 8.97. The second-order valence-corrected chi connectivity index (χ2v) is 4.34. The van der Waals surface area contributed by atoms with Crippen molar-refractivity contribution in [1.82, 2.24) is 4.98 Å². The summed E-state index contributed by atoms with van der Waals surface area (Å²) >= 11 is 3.07. The largest absolute Gasteiger partial charge is 0.477 e. The summed E-state index contributed by atoms with van der Waals surface area (Å²) in [5.41, 5.74) is -0.420. The number of nitrogens with zero attached hydrogens (tertiary/aromatic N) is 1. The zero-order valence-electron chi connectivity index (χ0n) is 9.23. The van der Waals surface area contributed by atoms with Crippen LogP contribution < -0.4 is 4.74 Å². The van der Waals surface area contributed by atoms with Crippen molar-refractivity contribution in [2.24, 2.45) is 0 Å². The van der Waals surface area contributed by atoms with Gasteiger partial charge in [-0.15, -0.1) is 0 Å². The molecule has 0 saturated carbocycles. The van der Waals surface area contributed by atoms with Crippen molar-refractivity contribution in [3.63, 3.8) is 0 Å². The fourth-order valence-corrected chi connectivity index (χ4v) is 1.76. The van der Waals surface area contributed by atoms with Crippen LogP contribution in [-0.2, 0) is 0 Å². The van der Waals surface area contributed by atoms with Gasteiger partial charge in [0, 0.05) is 0 Å². The van der Waals surface area contributed by atoms with Crippen molar-refractivity contribution in [3.8, 4) is 11.6 Å². The number of hydrogen-bond donors (Lipinski definition) is 1. The Balaban J connectivity index is 2.40. The van der Waals surface area contributed by atoms with E-state index < -0.39 is 23.2 Å². The number of ether oxygens (including phenoxy) is 1. The average Bonchev–Trinajstić information content (AvgIpc) is 2.34. The standard InChI is InChI=1S/C12H6BrF2NO3/c13-9-4-6(14)1-2-10(9)19-11-8(12(17)18)3-7(15)5-16-11/h1-5H,(H,17,18). The van der Waals surface area contributed by atoms with Crippen LogP contribution in [0.25, 0.3) is 0 Å². The van der Waals surface area contributed by atoms with E-state index in [9.17, 15) is 13.6 Å². The fraction of sp³-hybridized carbons (Fsp3) is 0. The Morgan fingerprint density at radius 3 is 2.63 bits per heavy atom. The minimum absolute atomic E-state index is 0.169. The second-order valence-electron chi connectivity index (χ2n) is 3.49. The van der Waals surface area contributed by atoms with E-state index in [4.69, 9.17) is 9.84 Å². The van der Waals surface area contributed by atoms with Crippen LogP contribution in [0.4, 0.5) is 8.78 Å². The smallest absolute Gasteiger partial charge is 0.341 e. The van der Waals surface area contributed by atoms with Crippen LogP contribution in [0.2, 0.25) is 0 Å². The number of aromatic carboxylic acids is 1. The third kappa shape index (κ3) is 3.05. The summed E-state index contributed by atoms with van der Waals surface area (Å²) in [6.07, 6.45) is 0.833. The minimum atomic E-state index is -1.37. The van der Waals surface area contributed by atoms with E-state index >= 15 is 0 Å². The second kappa shape index (κ2) is 5.31. The zero-order chi connectivity index (χ0) is 14.0. The molecule has 7 heteroatoms. The minimum Gasteiger partial charge on any atom is -0.477 e. The molecule has 1 aromatic heterocycles. The summed E-state index contributed by atoms with van der Waals surface area (Å²) in [6.45, 7) is 0. The van der Waals surface area contributed by atoms with E-state index in [1.54, 1.807) is 0 Å². The Morgan fingerprint density at radius 2 is 2.00 bits per heavy atom. The molecule has 0 bridgehead atoms. The van der Waals surface area contributed by atoms with Gasteiger partial charge in [0.05, 0.1) is 10.7 Å². The van der Waals surface area contributed by atoms with Crippen molar-refractivity contribution in [1.29, 1.82) is 0 Å². The van der Waals surface area contributed by atoms with Gasteiger partial charge in [-0.05, 0) is 40.2 Å². The lowest BCUT2D eigenvalue weighted by atomic mass is 10.2. The third-order valence-corrected chi connectivity index (χ3v) is 2.77. The first-order valence-electron chi connectivity index (χ1n) is 4.99. The van der Waals surface area contributed by atoms with E-state index in [1.807, 2.05) is 0 Å². The Morgan fingerprint density at radius 1 is 1.26 bits per heavy atom. The molecule has 0 aliphatic rings. The summed E-state index contributed by atoms with van der Waals surface area (Å²) < 4.78 is 31.4. The highest BCUT2D eigenvalue weighted by molar-refractivity contribution is 9.10. The lowest BCUT2D eigenvalue weighted by molar-refractivity contribution is 0.0692. The normalized spacial score (nSPS) is 10.3. The van der Waals surface area contributed by atoms with Gasteiger partial charge in [0.25, 0.3) is 0 Å². The van der Waals surface area contributed by atoms with Crippen LogP contribution in [-0.4, -0.2) is 16.1 Å². The van der Waals surface area contributed by atoms with E-state index in [0.717, 1.165) is 24.4 Å². The van der Waals surface area contributed by atoms with Crippen molar-refractivity contribution in [2.45, 2.75) is 0 Å². The van der Waals surface area contributed by atoms with Crippen LogP contribution in [0, 0.1) is 11.6 Å². The van der Waals surface area contributed by atoms with Crippen LogP contribution in [0.5, 0.6) is 11.6 Å². The van der Waals surface area contributed by atoms with Crippen molar-refractivity contribution in [3.05, 3.63) is 52.1 Å². The average molecular weight is 330 g/mol. The number of benzene rings is 1. The topological polar surface area (TPSA) is 59.4 Å². The molecule has 1 heterocycles. The predicted molar refractivity (Wildman–Crippen MR) is 65.3 cm³/mol. The summed E-state index contributed by atoms with van der Waals surface area (Å²) in [7, 11) is 0. The van der Waals surface area contributed by atoms with Crippen molar-refractivity contribution in [2.75, 3.05) is 0 Å². The summed E-state index contributed by atoms with van der Waals surface area (Å²) in [4.78, 5) is 14.5. The molecule has 4 nitrogen and oxygen atoms in total. The Hall–Kier alpha value is -2.02. The van der Waals surface area contributed by atoms with E-state index in [2.05, 4.69) is 20.9 Å². The molecule has 0 amide bonds. The molecule has 0 spiro atoms. The Kier molecular flexibility index (Phi) is 3.75. The summed E-state index contributed by atoms with van der Waals surface area (Å²) in [5.74, 6) is -2.75. The van der Waals surface area contributed by atoms with E-state index in [-0.39, 0.29) is 16.1 Å². The highest BCUT2D eigenvalue weighted by atomic mass is 79.9. The van der Waals surface area contributed by atoms with Gasteiger partial charge in [-0.3, -0.25) is 0 Å². The van der Waals surface area contributed by atoms with Crippen LogP contribution in [0.1, 0.15) is 10.4 Å². The SMILES string of the molecule is O=C(O)c1cc(F)cnc1Oc1ccc(F)cc1Br. The van der Waals surface area contributed by atoms with E-state index in [0.29, 0.717) is 0 Å². The van der Waals surface area contributed by atoms with Crippen LogP contribution >= 0.6 is 15.9 Å². The summed E-state index contributed by atoms with van der Waals surface area (Å²) in [6, 6.07) is 4.39. The first-order valence-corrected chi connectivity index (χ1v) is 5.78. The molecule has 0 aliphatic carbocycles. The number of hydrogen-bond acceptors (Lipinski definition) is 3. The molecule has 1 N–H and O–H groups in total. The molecular weight excluding hydrogens is 324 g/mol. The van der Waals surface area contributed by atoms with Gasteiger partial charge >= 0.3 is 5.97 Å². The van der Waals surface area contributed by atoms with Gasteiger partial charge in [0.2, 0.25) is 5.88 Å². The molecule has 0 radical (unpaired) electrons. The van der Waals surface area contributed by atoms with Gasteiger partial charge in [0.1, 0.15) is 22.9 Å².